The van der Waals surface area contributed by atoms with Gasteiger partial charge in [0.1, 0.15) is 5.82 Å². The first-order valence-corrected chi connectivity index (χ1v) is 7.35. The molecular formula is C15H19ClN2O. The van der Waals surface area contributed by atoms with E-state index in [4.69, 9.17) is 21.3 Å². The van der Waals surface area contributed by atoms with Gasteiger partial charge in [-0.1, -0.05) is 12.1 Å². The van der Waals surface area contributed by atoms with Gasteiger partial charge in [-0.3, -0.25) is 0 Å². The van der Waals surface area contributed by atoms with Gasteiger partial charge in [0.2, 0.25) is 0 Å². The second-order valence-electron chi connectivity index (χ2n) is 5.25. The summed E-state index contributed by atoms with van der Waals surface area (Å²) in [6.45, 7) is 2.10. The monoisotopic (exact) mass is 278 g/mol. The predicted octanol–water partition coefficient (Wildman–Crippen LogP) is 3.82. The van der Waals surface area contributed by atoms with Crippen molar-refractivity contribution >= 4 is 22.6 Å². The van der Waals surface area contributed by atoms with Crippen molar-refractivity contribution in [2.75, 3.05) is 7.11 Å². The molecule has 1 heterocycles. The van der Waals surface area contributed by atoms with Gasteiger partial charge in [-0.25, -0.2) is 4.98 Å². The Morgan fingerprint density at radius 2 is 2.26 bits per heavy atom. The number of aryl methyl sites for hydroxylation is 1. The van der Waals surface area contributed by atoms with Gasteiger partial charge in [-0.2, -0.15) is 0 Å². The van der Waals surface area contributed by atoms with Gasteiger partial charge in [0, 0.05) is 7.11 Å². The molecule has 102 valence electrons. The average molecular weight is 279 g/mol. The zero-order chi connectivity index (χ0) is 13.4. The van der Waals surface area contributed by atoms with Gasteiger partial charge in [0.05, 0.1) is 29.1 Å². The number of benzene rings is 1. The Hall–Kier alpha value is -1.06. The summed E-state index contributed by atoms with van der Waals surface area (Å²) in [6.07, 6.45) is 3.74. The van der Waals surface area contributed by atoms with E-state index in [1.54, 1.807) is 7.11 Å². The van der Waals surface area contributed by atoms with E-state index < -0.39 is 0 Å². The lowest BCUT2D eigenvalue weighted by Crippen LogP contribution is -2.22. The number of alkyl halides is 1. The van der Waals surface area contributed by atoms with E-state index in [2.05, 4.69) is 29.7 Å². The van der Waals surface area contributed by atoms with Crippen LogP contribution in [-0.4, -0.2) is 22.8 Å². The van der Waals surface area contributed by atoms with Crippen molar-refractivity contribution in [2.24, 2.45) is 0 Å². The molecule has 2 aromatic rings. The molecule has 1 aromatic carbocycles. The van der Waals surface area contributed by atoms with Crippen LogP contribution in [0.15, 0.2) is 18.2 Å². The summed E-state index contributed by atoms with van der Waals surface area (Å²) in [5.74, 6) is 1.40. The van der Waals surface area contributed by atoms with E-state index in [0.29, 0.717) is 11.9 Å². The Morgan fingerprint density at radius 1 is 1.42 bits per heavy atom. The highest BCUT2D eigenvalue weighted by molar-refractivity contribution is 6.16. The maximum Gasteiger partial charge on any atom is 0.125 e. The molecule has 4 heteroatoms. The SMILES string of the molecule is COC1CCCC1n1c(CCl)nc2c(C)cccc21. The highest BCUT2D eigenvalue weighted by atomic mass is 35.5. The first kappa shape index (κ1) is 12.9. The number of imidazole rings is 1. The van der Waals surface area contributed by atoms with Gasteiger partial charge < -0.3 is 9.30 Å². The molecule has 2 atom stereocenters. The summed E-state index contributed by atoms with van der Waals surface area (Å²) in [7, 11) is 1.80. The number of para-hydroxylation sites is 1. The Labute approximate surface area is 118 Å². The van der Waals surface area contributed by atoms with Gasteiger partial charge in [-0.05, 0) is 37.8 Å². The van der Waals surface area contributed by atoms with Crippen molar-refractivity contribution in [2.45, 2.75) is 44.2 Å². The quantitative estimate of drug-likeness (QED) is 0.798. The molecule has 0 aliphatic heterocycles. The number of ether oxygens (including phenoxy) is 1. The lowest BCUT2D eigenvalue weighted by atomic mass is 10.1. The fourth-order valence-corrected chi connectivity index (χ4v) is 3.43. The zero-order valence-electron chi connectivity index (χ0n) is 11.4. The molecule has 3 rings (SSSR count). The molecule has 1 aromatic heterocycles. The van der Waals surface area contributed by atoms with Crippen molar-refractivity contribution < 1.29 is 4.74 Å². The normalized spacial score (nSPS) is 23.3. The largest absolute Gasteiger partial charge is 0.379 e. The molecule has 0 amide bonds. The number of aromatic nitrogens is 2. The van der Waals surface area contributed by atoms with E-state index in [9.17, 15) is 0 Å². The number of rotatable bonds is 3. The van der Waals surface area contributed by atoms with E-state index in [-0.39, 0.29) is 6.10 Å². The Morgan fingerprint density at radius 3 is 3.00 bits per heavy atom. The molecule has 19 heavy (non-hydrogen) atoms. The summed E-state index contributed by atoms with van der Waals surface area (Å²) >= 11 is 6.10. The number of nitrogens with zero attached hydrogens (tertiary/aromatic N) is 2. The van der Waals surface area contributed by atoms with Crippen LogP contribution in [0, 0.1) is 6.92 Å². The highest BCUT2D eigenvalue weighted by Crippen LogP contribution is 2.36. The minimum absolute atomic E-state index is 0.278. The third kappa shape index (κ3) is 2.05. The molecule has 0 N–H and O–H groups in total. The maximum atomic E-state index is 6.10. The minimum Gasteiger partial charge on any atom is -0.379 e. The summed E-state index contributed by atoms with van der Waals surface area (Å²) < 4.78 is 7.94. The predicted molar refractivity (Wildman–Crippen MR) is 77.7 cm³/mol. The number of methoxy groups -OCH3 is 1. The smallest absolute Gasteiger partial charge is 0.125 e. The fourth-order valence-electron chi connectivity index (χ4n) is 3.25. The Kier molecular flexibility index (Phi) is 3.50. The molecule has 1 fully saturated rings. The van der Waals surface area contributed by atoms with Gasteiger partial charge >= 0.3 is 0 Å². The molecule has 1 saturated carbocycles. The molecule has 1 aliphatic rings. The minimum atomic E-state index is 0.278. The van der Waals surface area contributed by atoms with Crippen LogP contribution in [0.5, 0.6) is 0 Å². The molecule has 0 radical (unpaired) electrons. The second kappa shape index (κ2) is 5.14. The van der Waals surface area contributed by atoms with Crippen molar-refractivity contribution in [3.63, 3.8) is 0 Å². The Bertz CT molecular complexity index is 593. The molecule has 0 bridgehead atoms. The van der Waals surface area contributed by atoms with Crippen LogP contribution in [0.25, 0.3) is 11.0 Å². The van der Waals surface area contributed by atoms with Crippen molar-refractivity contribution in [1.29, 1.82) is 0 Å². The highest BCUT2D eigenvalue weighted by Gasteiger charge is 2.31. The third-order valence-corrected chi connectivity index (χ3v) is 4.41. The van der Waals surface area contributed by atoms with Crippen LogP contribution in [-0.2, 0) is 10.6 Å². The molecular weight excluding hydrogens is 260 g/mol. The number of fused-ring (bicyclic) bond motifs is 1. The summed E-state index contributed by atoms with van der Waals surface area (Å²) in [5, 5.41) is 0. The summed E-state index contributed by atoms with van der Waals surface area (Å²) in [4.78, 5) is 4.72. The summed E-state index contributed by atoms with van der Waals surface area (Å²) in [6, 6.07) is 6.69. The van der Waals surface area contributed by atoms with Crippen LogP contribution >= 0.6 is 11.6 Å². The zero-order valence-corrected chi connectivity index (χ0v) is 12.2. The molecule has 3 nitrogen and oxygen atoms in total. The van der Waals surface area contributed by atoms with Crippen molar-refractivity contribution in [3.05, 3.63) is 29.6 Å². The topological polar surface area (TPSA) is 27.1 Å². The lowest BCUT2D eigenvalue weighted by molar-refractivity contribution is 0.0755. The van der Waals surface area contributed by atoms with Crippen molar-refractivity contribution in [1.82, 2.24) is 9.55 Å². The van der Waals surface area contributed by atoms with Gasteiger partial charge in [0.15, 0.2) is 0 Å². The van der Waals surface area contributed by atoms with Gasteiger partial charge in [-0.15, -0.1) is 11.6 Å². The number of hydrogen-bond acceptors (Lipinski definition) is 2. The van der Waals surface area contributed by atoms with E-state index in [1.165, 1.54) is 17.5 Å². The standard InChI is InChI=1S/C15H19ClN2O/c1-10-5-3-7-12-15(10)17-14(9-16)18(12)11-6-4-8-13(11)19-2/h3,5,7,11,13H,4,6,8-9H2,1-2H3. The summed E-state index contributed by atoms with van der Waals surface area (Å²) in [5.41, 5.74) is 3.46. The number of halogens is 1. The van der Waals surface area contributed by atoms with Crippen LogP contribution in [0.4, 0.5) is 0 Å². The second-order valence-corrected chi connectivity index (χ2v) is 5.51. The van der Waals surface area contributed by atoms with E-state index in [0.717, 1.165) is 24.2 Å². The van der Waals surface area contributed by atoms with Crippen molar-refractivity contribution in [3.8, 4) is 0 Å². The van der Waals surface area contributed by atoms with E-state index >= 15 is 0 Å². The average Bonchev–Trinajstić information content (AvgIpc) is 3.01. The maximum absolute atomic E-state index is 6.10. The van der Waals surface area contributed by atoms with Crippen LogP contribution in [0.2, 0.25) is 0 Å². The molecule has 1 aliphatic carbocycles. The van der Waals surface area contributed by atoms with Gasteiger partial charge in [0.25, 0.3) is 0 Å². The van der Waals surface area contributed by atoms with Crippen LogP contribution in [0.3, 0.4) is 0 Å². The lowest BCUT2D eigenvalue weighted by Gasteiger charge is -2.22. The first-order valence-electron chi connectivity index (χ1n) is 6.81. The molecule has 2 unspecified atom stereocenters. The van der Waals surface area contributed by atoms with Crippen LogP contribution in [0.1, 0.15) is 36.7 Å². The Balaban J connectivity index is 2.18. The molecule has 0 saturated heterocycles. The van der Waals surface area contributed by atoms with Crippen LogP contribution < -0.4 is 0 Å². The first-order chi connectivity index (χ1) is 9.26. The third-order valence-electron chi connectivity index (χ3n) is 4.17. The van der Waals surface area contributed by atoms with E-state index in [1.807, 2.05) is 0 Å². The number of hydrogen-bond donors (Lipinski definition) is 0. The fraction of sp³-hybridized carbons (Fsp3) is 0.533. The molecule has 0 spiro atoms.